The molecule has 5 heteroatoms. The molecule has 4 nitrogen and oxygen atoms in total. The quantitative estimate of drug-likeness (QED) is 0.463. The second-order valence-corrected chi connectivity index (χ2v) is 0. The Kier molecular flexibility index (Phi) is 6110. The summed E-state index contributed by atoms with van der Waals surface area (Å²) in [5, 5.41) is 0. The first-order chi connectivity index (χ1) is 0. The Hall–Kier alpha value is 0.723. The van der Waals surface area contributed by atoms with Crippen molar-refractivity contribution in [2.24, 2.45) is 0 Å². The van der Waals surface area contributed by atoms with Gasteiger partial charge in [0.05, 0.1) is 0 Å². The summed E-state index contributed by atoms with van der Waals surface area (Å²) in [6.45, 7) is 0. The van der Waals surface area contributed by atoms with Crippen LogP contribution in [0.25, 0.3) is 0 Å². The molecule has 0 aromatic heterocycles. The molecule has 0 saturated carbocycles. The third-order valence-corrected chi connectivity index (χ3v) is 0. The van der Waals surface area contributed by atoms with E-state index in [1.165, 1.54) is 0 Å². The molecule has 32 valence electrons. The zero-order chi connectivity index (χ0) is 0. The topological polar surface area (TPSA) is 120 Å². The molecule has 0 bridgehead atoms. The van der Waals surface area contributed by atoms with Gasteiger partial charge in [-0.25, -0.2) is 0 Å². The summed E-state index contributed by atoms with van der Waals surface area (Å²) in [4.78, 5) is 0. The van der Waals surface area contributed by atoms with Gasteiger partial charge in [0, 0.05) is 0 Å². The molecule has 0 heterocycles. The predicted octanol–water partition coefficient (Wildman–Crippen LogP) is -0.710. The van der Waals surface area contributed by atoms with Crippen LogP contribution in [0.4, 0.5) is 0 Å². The Morgan fingerprint density at radius 3 is 0.400 bits per heavy atom. The smallest absolute Gasteiger partial charge is 0.870 e. The molecule has 0 unspecified atom stereocenters. The molecule has 4 N–H and O–H groups in total. The average molecular weight is 159 g/mol. The zero-order valence-corrected chi connectivity index (χ0v) is 4.75. The molecule has 5 heavy (non-hydrogen) atoms. The monoisotopic (exact) mass is 158 g/mol. The summed E-state index contributed by atoms with van der Waals surface area (Å²) in [7, 11) is 0. The van der Waals surface area contributed by atoms with Gasteiger partial charge in [-0.2, -0.15) is 0 Å². The largest absolute Gasteiger partial charge is 4.00 e. The van der Waals surface area contributed by atoms with Crippen LogP contribution >= 0.6 is 0 Å². The zero-order valence-electron chi connectivity index (χ0n) is 2.29. The maximum atomic E-state index is 0. The van der Waals surface area contributed by atoms with Crippen LogP contribution in [0, 0.1) is 0 Å². The normalized spacial score (nSPS) is 0. The molecule has 0 atom stereocenters. The molecule has 0 aromatic carbocycles. The first-order valence-corrected chi connectivity index (χ1v) is 0. The van der Waals surface area contributed by atoms with Gasteiger partial charge in [0.1, 0.15) is 0 Å². The van der Waals surface area contributed by atoms with E-state index in [4.69, 9.17) is 0 Å². The van der Waals surface area contributed by atoms with Gasteiger partial charge in [0.15, 0.2) is 0 Å². The van der Waals surface area contributed by atoms with Gasteiger partial charge in [-0.15, -0.1) is 0 Å². The minimum atomic E-state index is 0. The molecule has 0 aromatic rings. The molecule has 0 saturated heterocycles. The Morgan fingerprint density at radius 2 is 0.400 bits per heavy atom. The molecular weight excluding hydrogens is 155 g/mol. The molecule has 0 aliphatic heterocycles. The summed E-state index contributed by atoms with van der Waals surface area (Å²) in [6, 6.07) is 0. The van der Waals surface area contributed by atoms with E-state index in [0.717, 1.165) is 0 Å². The SMILES string of the molecule is [OH-].[OH-].[OH-].[OH-].[Zr+4]. The van der Waals surface area contributed by atoms with Gasteiger partial charge >= 0.3 is 26.2 Å². The molecule has 0 aliphatic rings. The van der Waals surface area contributed by atoms with Crippen molar-refractivity contribution in [3.63, 3.8) is 0 Å². The van der Waals surface area contributed by atoms with Crippen LogP contribution in [0.3, 0.4) is 0 Å². The van der Waals surface area contributed by atoms with Crippen molar-refractivity contribution < 1.29 is 48.1 Å². The molecule has 0 spiro atoms. The van der Waals surface area contributed by atoms with E-state index in [0.29, 0.717) is 0 Å². The van der Waals surface area contributed by atoms with E-state index in [9.17, 15) is 0 Å². The third kappa shape index (κ3) is 67.0. The maximum absolute atomic E-state index is 0. The van der Waals surface area contributed by atoms with Gasteiger partial charge in [0.25, 0.3) is 0 Å². The van der Waals surface area contributed by atoms with Gasteiger partial charge in [-0.3, -0.25) is 0 Å². The first kappa shape index (κ1) is 244. The van der Waals surface area contributed by atoms with E-state index in [-0.39, 0.29) is 48.1 Å². The van der Waals surface area contributed by atoms with Crippen molar-refractivity contribution in [2.75, 3.05) is 0 Å². The van der Waals surface area contributed by atoms with Crippen LogP contribution in [0.2, 0.25) is 0 Å². The summed E-state index contributed by atoms with van der Waals surface area (Å²) in [5.41, 5.74) is 0. The molecule has 0 rings (SSSR count). The third-order valence-electron chi connectivity index (χ3n) is 0. The fraction of sp³-hybridized carbons (Fsp3) is 0. The van der Waals surface area contributed by atoms with Crippen LogP contribution in [-0.2, 0) is 26.2 Å². The summed E-state index contributed by atoms with van der Waals surface area (Å²) >= 11 is 0. The number of hydrogen-bond acceptors (Lipinski definition) is 4. The molecule has 0 radical (unpaired) electrons. The van der Waals surface area contributed by atoms with Crippen LogP contribution in [0.5, 0.6) is 0 Å². The number of rotatable bonds is 0. The standard InChI is InChI=1S/4H2O.Zr/h4*1H2;/q;;;;+4/p-4. The summed E-state index contributed by atoms with van der Waals surface area (Å²) in [5.74, 6) is 0. The fourth-order valence-corrected chi connectivity index (χ4v) is 0. The predicted molar refractivity (Wildman–Crippen MR) is 7.74 cm³/mol. The Morgan fingerprint density at radius 1 is 0.400 bits per heavy atom. The maximum Gasteiger partial charge on any atom is 4.00 e. The van der Waals surface area contributed by atoms with Crippen molar-refractivity contribution in [3.05, 3.63) is 0 Å². The van der Waals surface area contributed by atoms with E-state index >= 15 is 0 Å². The van der Waals surface area contributed by atoms with Crippen molar-refractivity contribution in [1.29, 1.82) is 0 Å². The van der Waals surface area contributed by atoms with E-state index in [1.807, 2.05) is 0 Å². The van der Waals surface area contributed by atoms with Crippen molar-refractivity contribution in [3.8, 4) is 0 Å². The van der Waals surface area contributed by atoms with Crippen molar-refractivity contribution in [2.45, 2.75) is 0 Å². The minimum Gasteiger partial charge on any atom is -0.870 e. The van der Waals surface area contributed by atoms with Crippen LogP contribution in [0.1, 0.15) is 0 Å². The molecular formula is H4O4Zr. The number of hydrogen-bond donors (Lipinski definition) is 0. The van der Waals surface area contributed by atoms with Crippen LogP contribution in [-0.4, -0.2) is 21.9 Å². The fourth-order valence-electron chi connectivity index (χ4n) is 0. The Bertz CT molecular complexity index is 3.61. The average Bonchev–Trinajstić information content (AvgIpc) is 0. The summed E-state index contributed by atoms with van der Waals surface area (Å²) in [6.07, 6.45) is 0. The van der Waals surface area contributed by atoms with Gasteiger partial charge < -0.3 is 21.9 Å². The molecule has 0 aliphatic carbocycles. The van der Waals surface area contributed by atoms with Crippen LogP contribution in [0.15, 0.2) is 0 Å². The van der Waals surface area contributed by atoms with Crippen molar-refractivity contribution >= 4 is 0 Å². The Labute approximate surface area is 48.5 Å². The van der Waals surface area contributed by atoms with Crippen molar-refractivity contribution in [1.82, 2.24) is 0 Å². The minimum absolute atomic E-state index is 0. The second-order valence-electron chi connectivity index (χ2n) is 0. The van der Waals surface area contributed by atoms with Gasteiger partial charge in [0.2, 0.25) is 0 Å². The summed E-state index contributed by atoms with van der Waals surface area (Å²) < 4.78 is 0. The van der Waals surface area contributed by atoms with Gasteiger partial charge in [-0.05, 0) is 0 Å². The molecule has 0 fully saturated rings. The Balaban J connectivity index is 0. The van der Waals surface area contributed by atoms with E-state index in [1.54, 1.807) is 0 Å². The van der Waals surface area contributed by atoms with Crippen LogP contribution < -0.4 is 0 Å². The second kappa shape index (κ2) is 125. The van der Waals surface area contributed by atoms with E-state index < -0.39 is 0 Å². The van der Waals surface area contributed by atoms with E-state index in [2.05, 4.69) is 0 Å². The molecule has 0 amide bonds. The van der Waals surface area contributed by atoms with Gasteiger partial charge in [-0.1, -0.05) is 0 Å². The first-order valence-electron chi connectivity index (χ1n) is 0.